The van der Waals surface area contributed by atoms with Crippen LogP contribution in [0.3, 0.4) is 0 Å². The topological polar surface area (TPSA) is 115 Å². The highest BCUT2D eigenvalue weighted by Crippen LogP contribution is 2.40. The van der Waals surface area contributed by atoms with E-state index in [0.717, 1.165) is 51.5 Å². The molecule has 2 aliphatic rings. The molecular formula is C32H30N6O5. The highest BCUT2D eigenvalue weighted by atomic mass is 16.7. The molecule has 5 aromatic rings. The van der Waals surface area contributed by atoms with E-state index < -0.39 is 5.97 Å². The third kappa shape index (κ3) is 4.92. The lowest BCUT2D eigenvalue weighted by Crippen LogP contribution is -2.21. The number of aromatic nitrogens is 4. The van der Waals surface area contributed by atoms with Crippen molar-refractivity contribution in [2.45, 2.75) is 19.3 Å². The fourth-order valence-electron chi connectivity index (χ4n) is 5.76. The molecule has 5 heterocycles. The molecule has 1 fully saturated rings. The molecule has 11 heteroatoms. The van der Waals surface area contributed by atoms with Crippen LogP contribution in [0.1, 0.15) is 33.5 Å². The van der Waals surface area contributed by atoms with Gasteiger partial charge in [0.05, 0.1) is 37.9 Å². The molecule has 0 atom stereocenters. The summed E-state index contributed by atoms with van der Waals surface area (Å²) in [5.74, 6) is 0.335. The number of anilines is 3. The molecule has 3 aromatic heterocycles. The minimum atomic E-state index is -1.09. The Labute approximate surface area is 247 Å². The Balaban J connectivity index is 1.25. The Hall–Kier alpha value is -5.00. The average Bonchev–Trinajstić information content (AvgIpc) is 3.81. The Kier molecular flexibility index (Phi) is 6.88. The molecule has 43 heavy (non-hydrogen) atoms. The van der Waals surface area contributed by atoms with Gasteiger partial charge in [0, 0.05) is 49.2 Å². The highest BCUT2D eigenvalue weighted by Gasteiger charge is 2.28. The van der Waals surface area contributed by atoms with Gasteiger partial charge in [-0.25, -0.2) is 14.3 Å². The van der Waals surface area contributed by atoms with Crippen LogP contribution in [0.4, 0.5) is 17.2 Å². The maximum Gasteiger partial charge on any atom is 0.356 e. The molecule has 2 aromatic carbocycles. The lowest BCUT2D eigenvalue weighted by atomic mass is 10.0. The summed E-state index contributed by atoms with van der Waals surface area (Å²) in [5.41, 5.74) is 7.31. The van der Waals surface area contributed by atoms with E-state index in [9.17, 15) is 9.90 Å². The van der Waals surface area contributed by atoms with Crippen LogP contribution < -0.4 is 14.5 Å². The summed E-state index contributed by atoms with van der Waals surface area (Å²) in [6, 6.07) is 20.0. The summed E-state index contributed by atoms with van der Waals surface area (Å²) in [7, 11) is 3.60. The molecule has 1 N–H and O–H groups in total. The molecule has 2 aliphatic heterocycles. The average molecular weight is 579 g/mol. The predicted octanol–water partition coefficient (Wildman–Crippen LogP) is 4.87. The first-order chi connectivity index (χ1) is 21.0. The second-order valence-electron chi connectivity index (χ2n) is 10.5. The minimum absolute atomic E-state index is 0.00336. The number of carboxylic acids is 1. The zero-order valence-electron chi connectivity index (χ0n) is 23.8. The van der Waals surface area contributed by atoms with E-state index in [0.29, 0.717) is 37.8 Å². The molecule has 0 bridgehead atoms. The third-order valence-corrected chi connectivity index (χ3v) is 7.90. The van der Waals surface area contributed by atoms with Crippen molar-refractivity contribution in [2.24, 2.45) is 0 Å². The molecule has 0 saturated carbocycles. The highest BCUT2D eigenvalue weighted by molar-refractivity contribution is 5.88. The monoisotopic (exact) mass is 578 g/mol. The van der Waals surface area contributed by atoms with E-state index in [1.807, 2.05) is 61.8 Å². The Bertz CT molecular complexity index is 1800. The summed E-state index contributed by atoms with van der Waals surface area (Å²) < 4.78 is 17.9. The van der Waals surface area contributed by atoms with Crippen LogP contribution in [0.25, 0.3) is 16.9 Å². The van der Waals surface area contributed by atoms with E-state index in [-0.39, 0.29) is 12.0 Å². The van der Waals surface area contributed by atoms with Gasteiger partial charge in [0.2, 0.25) is 0 Å². The van der Waals surface area contributed by atoms with Gasteiger partial charge in [-0.3, -0.25) is 4.98 Å². The van der Waals surface area contributed by atoms with Gasteiger partial charge < -0.3 is 29.1 Å². The number of nitrogens with zero attached hydrogens (tertiary/aromatic N) is 6. The number of pyridine rings is 1. The van der Waals surface area contributed by atoms with Crippen LogP contribution >= 0.6 is 0 Å². The summed E-state index contributed by atoms with van der Waals surface area (Å²) in [4.78, 5) is 25.4. The number of rotatable bonds is 8. The van der Waals surface area contributed by atoms with Crippen molar-refractivity contribution >= 4 is 28.8 Å². The molecular weight excluding hydrogens is 548 g/mol. The fraction of sp³-hybridized carbons (Fsp3) is 0.250. The Morgan fingerprint density at radius 3 is 2.60 bits per heavy atom. The number of hydrogen-bond donors (Lipinski definition) is 1. The van der Waals surface area contributed by atoms with E-state index in [1.165, 1.54) is 10.7 Å². The number of hydrogen-bond acceptors (Lipinski definition) is 9. The first kappa shape index (κ1) is 26.9. The van der Waals surface area contributed by atoms with Crippen LogP contribution in [0.15, 0.2) is 73.1 Å². The lowest BCUT2D eigenvalue weighted by Gasteiger charge is -2.24. The Morgan fingerprint density at radius 2 is 1.88 bits per heavy atom. The SMILES string of the molecule is COc1ccc(CN(C)c2cc(N3CCc4c(-c5ccc(C6OCCO6)cn5)cccc43)nn3c(C(=O)O)cnc23)cc1. The van der Waals surface area contributed by atoms with Gasteiger partial charge in [0.15, 0.2) is 23.4 Å². The first-order valence-electron chi connectivity index (χ1n) is 14.1. The van der Waals surface area contributed by atoms with E-state index in [4.69, 9.17) is 24.3 Å². The van der Waals surface area contributed by atoms with Gasteiger partial charge in [0.1, 0.15) is 5.75 Å². The van der Waals surface area contributed by atoms with Crippen LogP contribution in [-0.2, 0) is 22.4 Å². The summed E-state index contributed by atoms with van der Waals surface area (Å²) in [6.07, 6.45) is 3.59. The molecule has 0 spiro atoms. The summed E-state index contributed by atoms with van der Waals surface area (Å²) >= 11 is 0. The summed E-state index contributed by atoms with van der Waals surface area (Å²) in [6.45, 7) is 2.43. The van der Waals surface area contributed by atoms with Crippen LogP contribution in [0.5, 0.6) is 5.75 Å². The van der Waals surface area contributed by atoms with Crippen molar-refractivity contribution in [3.63, 3.8) is 0 Å². The number of benzene rings is 2. The van der Waals surface area contributed by atoms with Gasteiger partial charge in [-0.1, -0.05) is 30.3 Å². The molecule has 11 nitrogen and oxygen atoms in total. The Morgan fingerprint density at radius 1 is 1.07 bits per heavy atom. The second-order valence-corrected chi connectivity index (χ2v) is 10.5. The second kappa shape index (κ2) is 11.0. The molecule has 0 unspecified atom stereocenters. The van der Waals surface area contributed by atoms with E-state index in [2.05, 4.69) is 26.9 Å². The zero-order valence-corrected chi connectivity index (χ0v) is 23.8. The van der Waals surface area contributed by atoms with Crippen LogP contribution in [0, 0.1) is 0 Å². The summed E-state index contributed by atoms with van der Waals surface area (Å²) in [5, 5.41) is 14.7. The van der Waals surface area contributed by atoms with E-state index >= 15 is 0 Å². The predicted molar refractivity (Wildman–Crippen MR) is 160 cm³/mol. The van der Waals surface area contributed by atoms with Gasteiger partial charge >= 0.3 is 5.97 Å². The maximum atomic E-state index is 12.1. The van der Waals surface area contributed by atoms with Crippen molar-refractivity contribution in [3.05, 3.63) is 95.4 Å². The van der Waals surface area contributed by atoms with E-state index in [1.54, 1.807) is 7.11 Å². The number of methoxy groups -OCH3 is 1. The number of carbonyl (C=O) groups is 1. The van der Waals surface area contributed by atoms with Crippen molar-refractivity contribution in [1.82, 2.24) is 19.6 Å². The molecule has 0 radical (unpaired) electrons. The van der Waals surface area contributed by atoms with Crippen molar-refractivity contribution in [2.75, 3.05) is 43.7 Å². The van der Waals surface area contributed by atoms with Crippen LogP contribution in [0.2, 0.25) is 0 Å². The third-order valence-electron chi connectivity index (χ3n) is 7.90. The molecule has 1 saturated heterocycles. The van der Waals surface area contributed by atoms with Gasteiger partial charge in [0.25, 0.3) is 0 Å². The zero-order chi connectivity index (χ0) is 29.5. The van der Waals surface area contributed by atoms with Gasteiger partial charge in [-0.2, -0.15) is 0 Å². The standard InChI is InChI=1S/C32H30N6O5/c1-36(19-20-6-9-22(41-2)10-7-20)27-16-29(35-38-28(31(39)40)18-34-30(27)38)37-13-12-24-23(4-3-5-26(24)37)25-11-8-21(17-33-25)32-42-14-15-43-32/h3-11,16-18,32H,12-15,19H2,1-2H3,(H,39,40). The first-order valence-corrected chi connectivity index (χ1v) is 14.1. The number of imidazole rings is 1. The van der Waals surface area contributed by atoms with Crippen molar-refractivity contribution < 1.29 is 24.1 Å². The lowest BCUT2D eigenvalue weighted by molar-refractivity contribution is -0.0443. The molecule has 0 aliphatic carbocycles. The van der Waals surface area contributed by atoms with Gasteiger partial charge in [-0.05, 0) is 41.8 Å². The maximum absolute atomic E-state index is 12.1. The molecule has 0 amide bonds. The van der Waals surface area contributed by atoms with Crippen LogP contribution in [-0.4, -0.2) is 64.6 Å². The quantitative estimate of drug-likeness (QED) is 0.273. The molecule has 218 valence electrons. The molecule has 7 rings (SSSR count). The number of carboxylic acid groups (broad SMARTS) is 1. The number of fused-ring (bicyclic) bond motifs is 2. The fourth-order valence-corrected chi connectivity index (χ4v) is 5.76. The number of ether oxygens (including phenoxy) is 3. The smallest absolute Gasteiger partial charge is 0.356 e. The van der Waals surface area contributed by atoms with Gasteiger partial charge in [-0.15, -0.1) is 5.10 Å². The number of aromatic carboxylic acids is 1. The largest absolute Gasteiger partial charge is 0.497 e. The minimum Gasteiger partial charge on any atom is -0.497 e. The van der Waals surface area contributed by atoms with Crippen molar-refractivity contribution in [3.8, 4) is 17.0 Å². The van der Waals surface area contributed by atoms with Crippen molar-refractivity contribution in [1.29, 1.82) is 0 Å². The normalized spacial score (nSPS) is 14.8.